The predicted molar refractivity (Wildman–Crippen MR) is 85.8 cm³/mol. The second-order valence-corrected chi connectivity index (χ2v) is 6.47. The first-order valence-electron chi connectivity index (χ1n) is 7.72. The number of likely N-dealkylation sites (N-methyl/N-ethyl adjacent to an activating group) is 1. The highest BCUT2D eigenvalue weighted by atomic mass is 16.2. The zero-order valence-corrected chi connectivity index (χ0v) is 13.4. The third-order valence-corrected chi connectivity index (χ3v) is 4.22. The lowest BCUT2D eigenvalue weighted by Gasteiger charge is -2.35. The van der Waals surface area contributed by atoms with Crippen molar-refractivity contribution >= 4 is 5.91 Å². The Bertz CT molecular complexity index is 479. The van der Waals surface area contributed by atoms with Crippen LogP contribution in [-0.4, -0.2) is 48.4 Å². The first-order valence-corrected chi connectivity index (χ1v) is 7.72. The van der Waals surface area contributed by atoms with E-state index in [0.717, 1.165) is 19.5 Å². The molecule has 0 saturated carbocycles. The van der Waals surface area contributed by atoms with Gasteiger partial charge in [0.2, 0.25) is 5.91 Å². The van der Waals surface area contributed by atoms with Gasteiger partial charge in [-0.2, -0.15) is 0 Å². The summed E-state index contributed by atoms with van der Waals surface area (Å²) < 4.78 is 0. The molecule has 0 aromatic heterocycles. The second kappa shape index (κ2) is 7.05. The van der Waals surface area contributed by atoms with Crippen molar-refractivity contribution in [3.8, 4) is 0 Å². The number of nitrogens with zero attached hydrogens (tertiary/aromatic N) is 2. The Morgan fingerprint density at radius 2 is 2.10 bits per heavy atom. The molecule has 1 aliphatic rings. The highest BCUT2D eigenvalue weighted by Gasteiger charge is 2.24. The number of likely N-dealkylation sites (tertiary alicyclic amines) is 1. The summed E-state index contributed by atoms with van der Waals surface area (Å²) in [7, 11) is 1.88. The zero-order chi connectivity index (χ0) is 15.4. The summed E-state index contributed by atoms with van der Waals surface area (Å²) in [5.41, 5.74) is 8.48. The molecule has 2 atom stereocenters. The molecule has 21 heavy (non-hydrogen) atoms. The third-order valence-electron chi connectivity index (χ3n) is 4.22. The summed E-state index contributed by atoms with van der Waals surface area (Å²) in [6.07, 6.45) is 1.06. The Balaban J connectivity index is 1.89. The van der Waals surface area contributed by atoms with E-state index in [4.69, 9.17) is 5.73 Å². The van der Waals surface area contributed by atoms with Crippen molar-refractivity contribution in [3.63, 3.8) is 0 Å². The van der Waals surface area contributed by atoms with Crippen LogP contribution in [0.4, 0.5) is 0 Å². The van der Waals surface area contributed by atoms with Gasteiger partial charge in [0.15, 0.2) is 0 Å². The third kappa shape index (κ3) is 4.55. The molecule has 2 unspecified atom stereocenters. The second-order valence-electron chi connectivity index (χ2n) is 6.47. The number of piperidine rings is 1. The molecule has 0 aliphatic carbocycles. The number of hydrogen-bond acceptors (Lipinski definition) is 3. The van der Waals surface area contributed by atoms with Crippen molar-refractivity contribution in [1.82, 2.24) is 9.80 Å². The monoisotopic (exact) mass is 289 g/mol. The van der Waals surface area contributed by atoms with Gasteiger partial charge in [-0.3, -0.25) is 9.69 Å². The molecule has 2 rings (SSSR count). The van der Waals surface area contributed by atoms with E-state index in [2.05, 4.69) is 30.9 Å². The smallest absolute Gasteiger partial charge is 0.236 e. The van der Waals surface area contributed by atoms with E-state index in [0.29, 0.717) is 19.0 Å². The average molecular weight is 289 g/mol. The Labute approximate surface area is 127 Å². The fraction of sp³-hybridized carbons (Fsp3) is 0.588. The molecule has 2 N–H and O–H groups in total. The van der Waals surface area contributed by atoms with Crippen LogP contribution in [0.15, 0.2) is 24.3 Å². The standard InChI is InChI=1S/C17H27N3O/c1-13-8-16(18)11-20(9-13)12-17(21)19(3)10-15-7-5-4-6-14(15)2/h4-7,13,16H,8-12,18H2,1-3H3. The molecule has 116 valence electrons. The molecule has 1 aromatic carbocycles. The molecule has 4 heteroatoms. The van der Waals surface area contributed by atoms with E-state index < -0.39 is 0 Å². The maximum atomic E-state index is 12.4. The number of aryl methyl sites for hydroxylation is 1. The molecule has 1 aromatic rings. The lowest BCUT2D eigenvalue weighted by molar-refractivity contribution is -0.132. The normalized spacial score (nSPS) is 23.0. The van der Waals surface area contributed by atoms with E-state index in [1.54, 1.807) is 0 Å². The van der Waals surface area contributed by atoms with E-state index >= 15 is 0 Å². The van der Waals surface area contributed by atoms with Crippen LogP contribution in [0.25, 0.3) is 0 Å². The van der Waals surface area contributed by atoms with Crippen molar-refractivity contribution in [1.29, 1.82) is 0 Å². The van der Waals surface area contributed by atoms with E-state index in [1.807, 2.05) is 24.1 Å². The van der Waals surface area contributed by atoms with Crippen LogP contribution in [0.1, 0.15) is 24.5 Å². The van der Waals surface area contributed by atoms with E-state index in [1.165, 1.54) is 11.1 Å². The topological polar surface area (TPSA) is 49.6 Å². The average Bonchev–Trinajstić information content (AvgIpc) is 2.40. The maximum absolute atomic E-state index is 12.4. The van der Waals surface area contributed by atoms with E-state index in [9.17, 15) is 4.79 Å². The van der Waals surface area contributed by atoms with Crippen LogP contribution < -0.4 is 5.73 Å². The van der Waals surface area contributed by atoms with Gasteiger partial charge in [0.05, 0.1) is 6.54 Å². The van der Waals surface area contributed by atoms with Crippen LogP contribution >= 0.6 is 0 Å². The number of rotatable bonds is 4. The van der Waals surface area contributed by atoms with Gasteiger partial charge in [-0.1, -0.05) is 31.2 Å². The summed E-state index contributed by atoms with van der Waals surface area (Å²) in [5.74, 6) is 0.739. The molecule has 1 aliphatic heterocycles. The first kappa shape index (κ1) is 16.0. The van der Waals surface area contributed by atoms with Crippen LogP contribution in [0.3, 0.4) is 0 Å². The molecule has 0 spiro atoms. The highest BCUT2D eigenvalue weighted by molar-refractivity contribution is 5.78. The molecule has 1 amide bonds. The van der Waals surface area contributed by atoms with Crippen molar-refractivity contribution in [2.24, 2.45) is 11.7 Å². The van der Waals surface area contributed by atoms with Crippen LogP contribution in [0, 0.1) is 12.8 Å². The van der Waals surface area contributed by atoms with Crippen molar-refractivity contribution in [3.05, 3.63) is 35.4 Å². The quantitative estimate of drug-likeness (QED) is 0.916. The van der Waals surface area contributed by atoms with Crippen LogP contribution in [0.2, 0.25) is 0 Å². The van der Waals surface area contributed by atoms with Crippen LogP contribution in [0.5, 0.6) is 0 Å². The number of carbonyl (C=O) groups is 1. The van der Waals surface area contributed by atoms with E-state index in [-0.39, 0.29) is 11.9 Å². The SMILES string of the molecule is Cc1ccccc1CN(C)C(=O)CN1CC(C)CC(N)C1. The number of carbonyl (C=O) groups excluding carboxylic acids is 1. The Hall–Kier alpha value is -1.39. The van der Waals surface area contributed by atoms with Crippen molar-refractivity contribution in [2.45, 2.75) is 32.9 Å². The minimum Gasteiger partial charge on any atom is -0.340 e. The molecule has 1 saturated heterocycles. The first-order chi connectivity index (χ1) is 9.95. The molecule has 1 fully saturated rings. The minimum absolute atomic E-state index is 0.166. The molecular weight excluding hydrogens is 262 g/mol. The lowest BCUT2D eigenvalue weighted by atomic mass is 9.96. The maximum Gasteiger partial charge on any atom is 0.236 e. The largest absolute Gasteiger partial charge is 0.340 e. The number of nitrogens with two attached hydrogens (primary N) is 1. The molecule has 4 nitrogen and oxygen atoms in total. The summed E-state index contributed by atoms with van der Waals surface area (Å²) in [6, 6.07) is 8.41. The fourth-order valence-corrected chi connectivity index (χ4v) is 3.09. The Morgan fingerprint density at radius 3 is 2.76 bits per heavy atom. The molecular formula is C17H27N3O. The van der Waals surface area contributed by atoms with Gasteiger partial charge in [0.1, 0.15) is 0 Å². The van der Waals surface area contributed by atoms with Gasteiger partial charge in [-0.15, -0.1) is 0 Å². The summed E-state index contributed by atoms with van der Waals surface area (Å²) >= 11 is 0. The van der Waals surface area contributed by atoms with Crippen molar-refractivity contribution in [2.75, 3.05) is 26.7 Å². The fourth-order valence-electron chi connectivity index (χ4n) is 3.09. The van der Waals surface area contributed by atoms with Gasteiger partial charge in [-0.05, 0) is 30.4 Å². The Kier molecular flexibility index (Phi) is 5.37. The van der Waals surface area contributed by atoms with Gasteiger partial charge >= 0.3 is 0 Å². The zero-order valence-electron chi connectivity index (χ0n) is 13.4. The van der Waals surface area contributed by atoms with Gasteiger partial charge < -0.3 is 10.6 Å². The summed E-state index contributed by atoms with van der Waals surface area (Å²) in [6.45, 7) is 7.22. The minimum atomic E-state index is 0.166. The van der Waals surface area contributed by atoms with Crippen LogP contribution in [-0.2, 0) is 11.3 Å². The predicted octanol–water partition coefficient (Wildman–Crippen LogP) is 1.62. The highest BCUT2D eigenvalue weighted by Crippen LogP contribution is 2.15. The van der Waals surface area contributed by atoms with Crippen molar-refractivity contribution < 1.29 is 4.79 Å². The van der Waals surface area contributed by atoms with Gasteiger partial charge in [0.25, 0.3) is 0 Å². The molecule has 0 radical (unpaired) electrons. The molecule has 1 heterocycles. The number of amides is 1. The number of benzene rings is 1. The summed E-state index contributed by atoms with van der Waals surface area (Å²) in [5, 5.41) is 0. The number of hydrogen-bond donors (Lipinski definition) is 1. The Morgan fingerprint density at radius 1 is 1.38 bits per heavy atom. The lowest BCUT2D eigenvalue weighted by Crippen LogP contribution is -2.49. The van der Waals surface area contributed by atoms with Gasteiger partial charge in [-0.25, -0.2) is 0 Å². The van der Waals surface area contributed by atoms with Gasteiger partial charge in [0, 0.05) is 32.7 Å². The summed E-state index contributed by atoms with van der Waals surface area (Å²) in [4.78, 5) is 16.4. The molecule has 0 bridgehead atoms.